The number of carbonyl (C=O) groups excluding carboxylic acids is 4. The van der Waals surface area contributed by atoms with Gasteiger partial charge in [-0.25, -0.2) is 18.0 Å². The largest absolute Gasteiger partial charge is 0.465 e. The van der Waals surface area contributed by atoms with Crippen LogP contribution in [0.3, 0.4) is 0 Å². The molecule has 2 aromatic carbocycles. The van der Waals surface area contributed by atoms with Gasteiger partial charge in [-0.15, -0.1) is 0 Å². The minimum Gasteiger partial charge on any atom is -0.465 e. The zero-order valence-electron chi connectivity index (χ0n) is 18.3. The van der Waals surface area contributed by atoms with Crippen LogP contribution >= 0.6 is 0 Å². The van der Waals surface area contributed by atoms with E-state index in [0.717, 1.165) is 14.2 Å². The van der Waals surface area contributed by atoms with Crippen molar-refractivity contribution in [2.45, 2.75) is 24.8 Å². The Balaban J connectivity index is 2.18. The average molecular weight is 477 g/mol. The van der Waals surface area contributed by atoms with Crippen molar-refractivity contribution in [3.05, 3.63) is 53.6 Å². The van der Waals surface area contributed by atoms with E-state index in [9.17, 15) is 27.6 Å². The molecule has 0 heterocycles. The number of ether oxygens (including phenoxy) is 2. The molecule has 12 heteroatoms. The van der Waals surface area contributed by atoms with Gasteiger partial charge in [0.1, 0.15) is 0 Å². The first kappa shape index (κ1) is 25.5. The fraction of sp³-hybridized carbons (Fsp3) is 0.238. The Morgan fingerprint density at radius 3 is 1.79 bits per heavy atom. The molecule has 2 amide bonds. The second kappa shape index (κ2) is 10.7. The molecule has 0 aliphatic carbocycles. The fourth-order valence-corrected chi connectivity index (χ4v) is 3.90. The molecule has 0 spiro atoms. The number of esters is 2. The molecule has 0 aliphatic heterocycles. The van der Waals surface area contributed by atoms with Crippen molar-refractivity contribution in [3.8, 4) is 0 Å². The molecule has 11 nitrogen and oxygen atoms in total. The Morgan fingerprint density at radius 2 is 1.33 bits per heavy atom. The van der Waals surface area contributed by atoms with Crippen LogP contribution in [0.15, 0.2) is 47.4 Å². The van der Waals surface area contributed by atoms with E-state index < -0.39 is 33.9 Å². The van der Waals surface area contributed by atoms with Crippen LogP contribution in [0.4, 0.5) is 11.4 Å². The van der Waals surface area contributed by atoms with Gasteiger partial charge in [-0.2, -0.15) is 4.72 Å². The van der Waals surface area contributed by atoms with E-state index in [1.54, 1.807) is 0 Å². The lowest BCUT2D eigenvalue weighted by molar-refractivity contribution is -0.117. The van der Waals surface area contributed by atoms with Gasteiger partial charge in [0.15, 0.2) is 0 Å². The van der Waals surface area contributed by atoms with Crippen LogP contribution in [0.5, 0.6) is 0 Å². The second-order valence-corrected chi connectivity index (χ2v) is 8.53. The van der Waals surface area contributed by atoms with Gasteiger partial charge in [0.05, 0.1) is 36.3 Å². The Morgan fingerprint density at radius 1 is 0.818 bits per heavy atom. The molecule has 0 saturated heterocycles. The third-order valence-electron chi connectivity index (χ3n) is 4.25. The highest BCUT2D eigenvalue weighted by atomic mass is 32.2. The summed E-state index contributed by atoms with van der Waals surface area (Å²) in [5.74, 6) is -2.53. The topological polar surface area (TPSA) is 157 Å². The highest BCUT2D eigenvalue weighted by Crippen LogP contribution is 2.18. The van der Waals surface area contributed by atoms with E-state index in [4.69, 9.17) is 0 Å². The minimum absolute atomic E-state index is 0.0109. The molecule has 0 fully saturated rings. The van der Waals surface area contributed by atoms with E-state index in [0.29, 0.717) is 5.69 Å². The number of carbonyl (C=O) groups is 4. The molecule has 3 N–H and O–H groups in total. The molecule has 0 saturated carbocycles. The maximum Gasteiger partial charge on any atom is 0.337 e. The van der Waals surface area contributed by atoms with Crippen molar-refractivity contribution >= 4 is 45.2 Å². The number of nitrogens with one attached hydrogen (secondary N) is 3. The smallest absolute Gasteiger partial charge is 0.337 e. The summed E-state index contributed by atoms with van der Waals surface area (Å²) in [6, 6.07) is 7.95. The number of rotatable bonds is 8. The molecule has 33 heavy (non-hydrogen) atoms. The first-order valence-corrected chi connectivity index (χ1v) is 11.0. The van der Waals surface area contributed by atoms with Crippen molar-refractivity contribution in [2.24, 2.45) is 0 Å². The van der Waals surface area contributed by atoms with Gasteiger partial charge in [-0.3, -0.25) is 9.59 Å². The number of amides is 2. The summed E-state index contributed by atoms with van der Waals surface area (Å²) < 4.78 is 36.7. The fourth-order valence-electron chi connectivity index (χ4n) is 2.70. The van der Waals surface area contributed by atoms with Crippen LogP contribution in [0.25, 0.3) is 0 Å². The third kappa shape index (κ3) is 6.85. The molecule has 0 radical (unpaired) electrons. The van der Waals surface area contributed by atoms with E-state index in [1.165, 1.54) is 56.3 Å². The van der Waals surface area contributed by atoms with Gasteiger partial charge in [0.25, 0.3) is 0 Å². The van der Waals surface area contributed by atoms with Gasteiger partial charge in [-0.1, -0.05) is 0 Å². The highest BCUT2D eigenvalue weighted by molar-refractivity contribution is 7.89. The van der Waals surface area contributed by atoms with Gasteiger partial charge in [0.2, 0.25) is 21.8 Å². The van der Waals surface area contributed by atoms with Crippen molar-refractivity contribution in [1.82, 2.24) is 4.72 Å². The number of hydrogen-bond donors (Lipinski definition) is 3. The normalized spacial score (nSPS) is 11.8. The minimum atomic E-state index is -4.06. The molecule has 0 aliphatic rings. The first-order chi connectivity index (χ1) is 15.5. The van der Waals surface area contributed by atoms with Crippen LogP contribution < -0.4 is 15.4 Å². The molecule has 2 aromatic rings. The van der Waals surface area contributed by atoms with E-state index in [2.05, 4.69) is 24.8 Å². The Kier molecular flexibility index (Phi) is 8.26. The summed E-state index contributed by atoms with van der Waals surface area (Å²) in [4.78, 5) is 47.3. The van der Waals surface area contributed by atoms with Gasteiger partial charge in [0, 0.05) is 18.3 Å². The Bertz CT molecular complexity index is 1140. The maximum absolute atomic E-state index is 12.6. The van der Waals surface area contributed by atoms with Crippen LogP contribution in [-0.4, -0.2) is 52.4 Å². The quantitative estimate of drug-likeness (QED) is 0.483. The zero-order valence-corrected chi connectivity index (χ0v) is 19.1. The molecular formula is C21H23N3O8S. The summed E-state index contributed by atoms with van der Waals surface area (Å²) in [7, 11) is -1.75. The second-order valence-electron chi connectivity index (χ2n) is 6.82. The predicted molar refractivity (Wildman–Crippen MR) is 118 cm³/mol. The van der Waals surface area contributed by atoms with E-state index in [1.807, 2.05) is 0 Å². The van der Waals surface area contributed by atoms with E-state index in [-0.39, 0.29) is 27.6 Å². The van der Waals surface area contributed by atoms with Gasteiger partial charge in [-0.05, 0) is 49.4 Å². The van der Waals surface area contributed by atoms with Crippen LogP contribution in [-0.2, 0) is 29.1 Å². The van der Waals surface area contributed by atoms with Crippen molar-refractivity contribution < 1.29 is 37.1 Å². The Labute approximate surface area is 190 Å². The van der Waals surface area contributed by atoms with Crippen LogP contribution in [0.2, 0.25) is 0 Å². The molecular weight excluding hydrogens is 454 g/mol. The number of anilines is 2. The lowest BCUT2D eigenvalue weighted by Gasteiger charge is -2.16. The Hall–Kier alpha value is -3.77. The van der Waals surface area contributed by atoms with Gasteiger partial charge >= 0.3 is 11.9 Å². The molecule has 0 aromatic heterocycles. The highest BCUT2D eigenvalue weighted by Gasteiger charge is 2.23. The standard InChI is InChI=1S/C21H23N3O8S/c1-12(24-33(29,30)18-7-5-16(6-8-18)22-13(2)25)19(26)23-17-10-14(20(27)31-3)9-15(11-17)21(28)32-4/h5-12,24H,1-4H3,(H,22,25)(H,23,26). The first-order valence-electron chi connectivity index (χ1n) is 9.49. The van der Waals surface area contributed by atoms with Crippen molar-refractivity contribution in [2.75, 3.05) is 24.9 Å². The summed E-state index contributed by atoms with van der Waals surface area (Å²) in [6.07, 6.45) is 0. The monoisotopic (exact) mass is 477 g/mol. The van der Waals surface area contributed by atoms with Gasteiger partial charge < -0.3 is 20.1 Å². The summed E-state index contributed by atoms with van der Waals surface area (Å²) in [5.41, 5.74) is 0.458. The molecule has 0 bridgehead atoms. The number of benzene rings is 2. The summed E-state index contributed by atoms with van der Waals surface area (Å²) in [5, 5.41) is 4.98. The number of hydrogen-bond acceptors (Lipinski definition) is 8. The molecule has 1 atom stereocenters. The number of sulfonamides is 1. The van der Waals surface area contributed by atoms with Crippen LogP contribution in [0, 0.1) is 0 Å². The number of methoxy groups -OCH3 is 2. The average Bonchev–Trinajstić information content (AvgIpc) is 2.77. The molecule has 1 unspecified atom stereocenters. The van der Waals surface area contributed by atoms with Crippen molar-refractivity contribution in [1.29, 1.82) is 0 Å². The zero-order chi connectivity index (χ0) is 24.8. The van der Waals surface area contributed by atoms with Crippen LogP contribution in [0.1, 0.15) is 34.6 Å². The lowest BCUT2D eigenvalue weighted by Crippen LogP contribution is -2.41. The lowest BCUT2D eigenvalue weighted by atomic mass is 10.1. The third-order valence-corrected chi connectivity index (χ3v) is 5.81. The summed E-state index contributed by atoms with van der Waals surface area (Å²) in [6.45, 7) is 2.64. The summed E-state index contributed by atoms with van der Waals surface area (Å²) >= 11 is 0. The SMILES string of the molecule is COC(=O)c1cc(NC(=O)C(C)NS(=O)(=O)c2ccc(NC(C)=O)cc2)cc(C(=O)OC)c1. The van der Waals surface area contributed by atoms with Crippen molar-refractivity contribution in [3.63, 3.8) is 0 Å². The molecule has 176 valence electrons. The predicted octanol–water partition coefficient (Wildman–Crippen LogP) is 1.52. The van der Waals surface area contributed by atoms with E-state index >= 15 is 0 Å². The maximum atomic E-state index is 12.6. The molecule has 2 rings (SSSR count).